The van der Waals surface area contributed by atoms with Gasteiger partial charge in [0, 0.05) is 35.8 Å². The van der Waals surface area contributed by atoms with Gasteiger partial charge in [0.25, 0.3) is 5.69 Å². The van der Waals surface area contributed by atoms with Crippen molar-refractivity contribution in [2.75, 3.05) is 37.8 Å². The minimum absolute atomic E-state index is 0.0103. The van der Waals surface area contributed by atoms with E-state index in [-0.39, 0.29) is 21.8 Å². The first-order valence-electron chi connectivity index (χ1n) is 8.63. The first kappa shape index (κ1) is 21.0. The predicted octanol–water partition coefficient (Wildman–Crippen LogP) is 3.78. The van der Waals surface area contributed by atoms with Crippen molar-refractivity contribution in [1.29, 1.82) is 0 Å². The molecule has 0 amide bonds. The first-order valence-corrected chi connectivity index (χ1v) is 9.39. The van der Waals surface area contributed by atoms with Gasteiger partial charge in [-0.25, -0.2) is 4.79 Å². The number of ketones is 1. The maximum atomic E-state index is 12.6. The fourth-order valence-electron chi connectivity index (χ4n) is 2.88. The molecule has 1 heterocycles. The van der Waals surface area contributed by atoms with Gasteiger partial charge in [0.05, 0.1) is 34.4 Å². The SMILES string of the molecule is O=C(COC(=O)c1cc([N+](=O)[O-])ccc1N1CCOCC1)c1ccc(Cl)cc1Cl. The van der Waals surface area contributed by atoms with E-state index in [9.17, 15) is 19.7 Å². The molecule has 0 aromatic heterocycles. The molecule has 0 spiro atoms. The van der Waals surface area contributed by atoms with E-state index >= 15 is 0 Å². The van der Waals surface area contributed by atoms with Crippen molar-refractivity contribution in [3.05, 3.63) is 67.7 Å². The number of hydrogen-bond acceptors (Lipinski definition) is 7. The lowest BCUT2D eigenvalue weighted by atomic mass is 10.1. The van der Waals surface area contributed by atoms with Crippen molar-refractivity contribution < 1.29 is 24.0 Å². The predicted molar refractivity (Wildman–Crippen MR) is 107 cm³/mol. The topological polar surface area (TPSA) is 99.0 Å². The first-order chi connectivity index (χ1) is 13.9. The second kappa shape index (κ2) is 9.21. The Morgan fingerprint density at radius 1 is 1.10 bits per heavy atom. The summed E-state index contributed by atoms with van der Waals surface area (Å²) in [6.45, 7) is 1.43. The number of esters is 1. The summed E-state index contributed by atoms with van der Waals surface area (Å²) in [5, 5.41) is 11.6. The van der Waals surface area contributed by atoms with Crippen LogP contribution in [0, 0.1) is 10.1 Å². The lowest BCUT2D eigenvalue weighted by molar-refractivity contribution is -0.384. The van der Waals surface area contributed by atoms with Crippen LogP contribution in [-0.4, -0.2) is 49.6 Å². The molecule has 1 aliphatic rings. The van der Waals surface area contributed by atoms with Gasteiger partial charge < -0.3 is 14.4 Å². The van der Waals surface area contributed by atoms with E-state index in [0.29, 0.717) is 37.0 Å². The summed E-state index contributed by atoms with van der Waals surface area (Å²) in [6.07, 6.45) is 0. The van der Waals surface area contributed by atoms with Gasteiger partial charge in [-0.3, -0.25) is 14.9 Å². The summed E-state index contributed by atoms with van der Waals surface area (Å²) in [7, 11) is 0. The second-order valence-corrected chi connectivity index (χ2v) is 7.03. The van der Waals surface area contributed by atoms with Gasteiger partial charge in [0.2, 0.25) is 5.78 Å². The highest BCUT2D eigenvalue weighted by atomic mass is 35.5. The molecule has 0 bridgehead atoms. The lowest BCUT2D eigenvalue weighted by Crippen LogP contribution is -2.37. The molecule has 0 atom stereocenters. The molecule has 0 saturated carbocycles. The van der Waals surface area contributed by atoms with Crippen LogP contribution >= 0.6 is 23.2 Å². The highest BCUT2D eigenvalue weighted by Crippen LogP contribution is 2.27. The number of anilines is 1. The molecule has 0 radical (unpaired) electrons. The number of carbonyl (C=O) groups excluding carboxylic acids is 2. The van der Waals surface area contributed by atoms with Gasteiger partial charge in [0.1, 0.15) is 0 Å². The van der Waals surface area contributed by atoms with Crippen molar-refractivity contribution >= 4 is 46.3 Å². The summed E-state index contributed by atoms with van der Waals surface area (Å²) < 4.78 is 10.4. The van der Waals surface area contributed by atoms with E-state index in [0.717, 1.165) is 6.07 Å². The van der Waals surface area contributed by atoms with Crippen molar-refractivity contribution in [3.63, 3.8) is 0 Å². The minimum atomic E-state index is -0.839. The Bertz CT molecular complexity index is 960. The van der Waals surface area contributed by atoms with Gasteiger partial charge in [-0.2, -0.15) is 0 Å². The molecule has 2 aromatic rings. The molecule has 8 nitrogen and oxygen atoms in total. The Morgan fingerprint density at radius 2 is 1.83 bits per heavy atom. The molecule has 1 fully saturated rings. The number of nitro groups is 1. The number of ether oxygens (including phenoxy) is 2. The van der Waals surface area contributed by atoms with E-state index in [1.54, 1.807) is 0 Å². The Morgan fingerprint density at radius 3 is 2.48 bits per heavy atom. The van der Waals surface area contributed by atoms with Crippen LogP contribution in [-0.2, 0) is 9.47 Å². The minimum Gasteiger partial charge on any atom is -0.454 e. The number of halogens is 2. The van der Waals surface area contributed by atoms with Crippen LogP contribution in [0.25, 0.3) is 0 Å². The highest BCUT2D eigenvalue weighted by Gasteiger charge is 2.24. The zero-order valence-electron chi connectivity index (χ0n) is 15.1. The number of nitrogens with zero attached hydrogens (tertiary/aromatic N) is 2. The zero-order chi connectivity index (χ0) is 21.0. The summed E-state index contributed by atoms with van der Waals surface area (Å²) in [5.74, 6) is -1.35. The maximum Gasteiger partial charge on any atom is 0.340 e. The molecule has 152 valence electrons. The number of rotatable bonds is 6. The standard InChI is InChI=1S/C19H16Cl2N2O6/c20-12-1-3-14(16(21)9-12)18(24)11-29-19(25)15-10-13(23(26)27)2-4-17(15)22-5-7-28-8-6-22/h1-4,9-10H,5-8,11H2. The number of nitro benzene ring substituents is 1. The number of morpholine rings is 1. The van der Waals surface area contributed by atoms with E-state index in [2.05, 4.69) is 0 Å². The van der Waals surface area contributed by atoms with Crippen LogP contribution in [0.4, 0.5) is 11.4 Å². The Labute approximate surface area is 176 Å². The average molecular weight is 439 g/mol. The molecule has 10 heteroatoms. The molecule has 1 aliphatic heterocycles. The summed E-state index contributed by atoms with van der Waals surface area (Å²) in [5.41, 5.74) is 0.411. The average Bonchev–Trinajstić information content (AvgIpc) is 2.72. The van der Waals surface area contributed by atoms with Crippen molar-refractivity contribution in [2.45, 2.75) is 0 Å². The van der Waals surface area contributed by atoms with Gasteiger partial charge in [-0.05, 0) is 24.3 Å². The smallest absolute Gasteiger partial charge is 0.340 e. The molecular formula is C19H16Cl2N2O6. The highest BCUT2D eigenvalue weighted by molar-refractivity contribution is 6.36. The lowest BCUT2D eigenvalue weighted by Gasteiger charge is -2.30. The molecule has 0 N–H and O–H groups in total. The van der Waals surface area contributed by atoms with Crippen molar-refractivity contribution in [2.24, 2.45) is 0 Å². The number of carbonyl (C=O) groups is 2. The third-order valence-electron chi connectivity index (χ3n) is 4.33. The van der Waals surface area contributed by atoms with Crippen LogP contribution in [0.3, 0.4) is 0 Å². The molecule has 1 saturated heterocycles. The third kappa shape index (κ3) is 5.03. The van der Waals surface area contributed by atoms with E-state index < -0.39 is 23.3 Å². The largest absolute Gasteiger partial charge is 0.454 e. The molecule has 3 rings (SSSR count). The molecular weight excluding hydrogens is 423 g/mol. The van der Waals surface area contributed by atoms with Crippen LogP contribution in [0.15, 0.2) is 36.4 Å². The third-order valence-corrected chi connectivity index (χ3v) is 4.88. The van der Waals surface area contributed by atoms with Crippen molar-refractivity contribution in [1.82, 2.24) is 0 Å². The molecule has 0 unspecified atom stereocenters. The van der Waals surface area contributed by atoms with Gasteiger partial charge in [0.15, 0.2) is 6.61 Å². The van der Waals surface area contributed by atoms with Crippen LogP contribution in [0.5, 0.6) is 0 Å². The van der Waals surface area contributed by atoms with E-state index in [1.165, 1.54) is 30.3 Å². The van der Waals surface area contributed by atoms with Gasteiger partial charge in [-0.15, -0.1) is 0 Å². The fraction of sp³-hybridized carbons (Fsp3) is 0.263. The van der Waals surface area contributed by atoms with E-state index in [4.69, 9.17) is 32.7 Å². The van der Waals surface area contributed by atoms with Crippen LogP contribution in [0.1, 0.15) is 20.7 Å². The normalized spacial score (nSPS) is 13.8. The van der Waals surface area contributed by atoms with Gasteiger partial charge in [-0.1, -0.05) is 23.2 Å². The van der Waals surface area contributed by atoms with Crippen LogP contribution in [0.2, 0.25) is 10.0 Å². The summed E-state index contributed by atoms with van der Waals surface area (Å²) >= 11 is 11.8. The fourth-order valence-corrected chi connectivity index (χ4v) is 3.40. The number of benzene rings is 2. The summed E-state index contributed by atoms with van der Waals surface area (Å²) in [6, 6.07) is 8.31. The Kier molecular flexibility index (Phi) is 6.68. The summed E-state index contributed by atoms with van der Waals surface area (Å²) in [4.78, 5) is 37.4. The number of hydrogen-bond donors (Lipinski definition) is 0. The monoisotopic (exact) mass is 438 g/mol. The van der Waals surface area contributed by atoms with Crippen LogP contribution < -0.4 is 4.90 Å². The van der Waals surface area contributed by atoms with E-state index in [1.807, 2.05) is 4.90 Å². The Hall–Kier alpha value is -2.68. The number of Topliss-reactive ketones (excluding diaryl/α,β-unsaturated/α-hetero) is 1. The maximum absolute atomic E-state index is 12.6. The number of non-ortho nitro benzene ring substituents is 1. The van der Waals surface area contributed by atoms with Crippen molar-refractivity contribution in [3.8, 4) is 0 Å². The Balaban J connectivity index is 1.80. The molecule has 29 heavy (non-hydrogen) atoms. The van der Waals surface area contributed by atoms with Gasteiger partial charge >= 0.3 is 5.97 Å². The molecule has 0 aliphatic carbocycles. The second-order valence-electron chi connectivity index (χ2n) is 6.18. The quantitative estimate of drug-likeness (QED) is 0.292. The zero-order valence-corrected chi connectivity index (χ0v) is 16.6. The molecule has 2 aromatic carbocycles.